The number of aromatic hydroxyl groups is 1. The number of halogens is 3. The summed E-state index contributed by atoms with van der Waals surface area (Å²) < 4.78 is 39.2. The third-order valence-corrected chi connectivity index (χ3v) is 2.62. The normalized spacial score (nSPS) is 12.6. The standard InChI is InChI=1S/C12H14F3NO3/c1-5(2)8(17)4-16-12(19)6-3-7(13)10(15)11(18)9(6)14/h3,5,8,17-18H,4H2,1-2H3,(H,16,19). The van der Waals surface area contributed by atoms with Crippen molar-refractivity contribution in [2.24, 2.45) is 5.92 Å². The van der Waals surface area contributed by atoms with Gasteiger partial charge in [-0.05, 0) is 12.0 Å². The third kappa shape index (κ3) is 3.37. The Kier molecular flexibility index (Phi) is 4.77. The van der Waals surface area contributed by atoms with Crippen LogP contribution in [0.15, 0.2) is 6.07 Å². The lowest BCUT2D eigenvalue weighted by atomic mass is 10.1. The molecule has 0 spiro atoms. The molecular formula is C12H14F3NO3. The van der Waals surface area contributed by atoms with Crippen molar-refractivity contribution < 1.29 is 28.2 Å². The summed E-state index contributed by atoms with van der Waals surface area (Å²) in [5.41, 5.74) is -0.827. The highest BCUT2D eigenvalue weighted by atomic mass is 19.2. The highest BCUT2D eigenvalue weighted by molar-refractivity contribution is 5.95. The first-order valence-corrected chi connectivity index (χ1v) is 5.58. The van der Waals surface area contributed by atoms with Crippen LogP contribution < -0.4 is 5.32 Å². The van der Waals surface area contributed by atoms with E-state index in [4.69, 9.17) is 5.11 Å². The molecule has 106 valence electrons. The van der Waals surface area contributed by atoms with E-state index in [1.54, 1.807) is 13.8 Å². The zero-order valence-electron chi connectivity index (χ0n) is 10.4. The molecule has 1 aromatic carbocycles. The number of carbonyl (C=O) groups is 1. The van der Waals surface area contributed by atoms with Crippen LogP contribution in [0, 0.1) is 23.4 Å². The van der Waals surface area contributed by atoms with Crippen molar-refractivity contribution in [1.29, 1.82) is 0 Å². The largest absolute Gasteiger partial charge is 0.503 e. The molecule has 1 atom stereocenters. The highest BCUT2D eigenvalue weighted by Crippen LogP contribution is 2.25. The van der Waals surface area contributed by atoms with Gasteiger partial charge in [0.15, 0.2) is 17.4 Å². The maximum Gasteiger partial charge on any atom is 0.254 e. The molecule has 19 heavy (non-hydrogen) atoms. The fourth-order valence-corrected chi connectivity index (χ4v) is 1.28. The number of benzene rings is 1. The van der Waals surface area contributed by atoms with Gasteiger partial charge >= 0.3 is 0 Å². The van der Waals surface area contributed by atoms with Crippen molar-refractivity contribution >= 4 is 5.91 Å². The van der Waals surface area contributed by atoms with Gasteiger partial charge in [0, 0.05) is 6.54 Å². The first-order chi connectivity index (χ1) is 8.75. The molecule has 1 aromatic rings. The summed E-state index contributed by atoms with van der Waals surface area (Å²) in [5.74, 6) is -7.57. The van der Waals surface area contributed by atoms with Crippen molar-refractivity contribution in [2.45, 2.75) is 20.0 Å². The molecule has 3 N–H and O–H groups in total. The molecule has 0 aliphatic rings. The van der Waals surface area contributed by atoms with E-state index in [2.05, 4.69) is 5.32 Å². The minimum absolute atomic E-state index is 0.136. The molecule has 1 amide bonds. The van der Waals surface area contributed by atoms with E-state index in [1.165, 1.54) is 0 Å². The van der Waals surface area contributed by atoms with E-state index >= 15 is 0 Å². The van der Waals surface area contributed by atoms with Gasteiger partial charge in [-0.25, -0.2) is 8.78 Å². The fraction of sp³-hybridized carbons (Fsp3) is 0.417. The zero-order valence-corrected chi connectivity index (χ0v) is 10.4. The van der Waals surface area contributed by atoms with Gasteiger partial charge in [-0.1, -0.05) is 13.8 Å². The molecule has 0 aliphatic heterocycles. The van der Waals surface area contributed by atoms with Crippen LogP contribution in [0.1, 0.15) is 24.2 Å². The van der Waals surface area contributed by atoms with Crippen LogP contribution in [0.25, 0.3) is 0 Å². The fourth-order valence-electron chi connectivity index (χ4n) is 1.28. The number of aliphatic hydroxyl groups is 1. The van der Waals surface area contributed by atoms with Crippen LogP contribution >= 0.6 is 0 Å². The topological polar surface area (TPSA) is 69.6 Å². The molecule has 0 aliphatic carbocycles. The van der Waals surface area contributed by atoms with Crippen LogP contribution in [-0.2, 0) is 0 Å². The van der Waals surface area contributed by atoms with Crippen molar-refractivity contribution in [3.05, 3.63) is 29.1 Å². The number of phenolic OH excluding ortho intramolecular Hbond substituents is 1. The number of amides is 1. The van der Waals surface area contributed by atoms with E-state index in [0.29, 0.717) is 6.07 Å². The quantitative estimate of drug-likeness (QED) is 0.731. The van der Waals surface area contributed by atoms with Crippen LogP contribution in [0.3, 0.4) is 0 Å². The van der Waals surface area contributed by atoms with Gasteiger partial charge in [0.1, 0.15) is 0 Å². The average Bonchev–Trinajstić information content (AvgIpc) is 2.37. The summed E-state index contributed by atoms with van der Waals surface area (Å²) >= 11 is 0. The van der Waals surface area contributed by atoms with Gasteiger partial charge in [0.05, 0.1) is 11.7 Å². The predicted octanol–water partition coefficient (Wildman–Crippen LogP) is 1.56. The lowest BCUT2D eigenvalue weighted by Crippen LogP contribution is -2.35. The number of hydrogen-bond donors (Lipinski definition) is 3. The molecule has 0 saturated heterocycles. The summed E-state index contributed by atoms with van der Waals surface area (Å²) in [4.78, 5) is 11.5. The summed E-state index contributed by atoms with van der Waals surface area (Å²) in [7, 11) is 0. The number of rotatable bonds is 4. The first-order valence-electron chi connectivity index (χ1n) is 5.58. The maximum atomic E-state index is 13.4. The average molecular weight is 277 g/mol. The minimum Gasteiger partial charge on any atom is -0.503 e. The van der Waals surface area contributed by atoms with Gasteiger partial charge in [0.2, 0.25) is 5.82 Å². The minimum atomic E-state index is -1.75. The van der Waals surface area contributed by atoms with E-state index in [1.807, 2.05) is 0 Å². The molecule has 0 aromatic heterocycles. The molecular weight excluding hydrogens is 263 g/mol. The van der Waals surface area contributed by atoms with Crippen molar-refractivity contribution in [3.8, 4) is 5.75 Å². The Hall–Kier alpha value is -1.76. The first kappa shape index (κ1) is 15.3. The smallest absolute Gasteiger partial charge is 0.254 e. The van der Waals surface area contributed by atoms with Gasteiger partial charge in [0.25, 0.3) is 5.91 Å². The van der Waals surface area contributed by atoms with E-state index in [9.17, 15) is 23.1 Å². The molecule has 0 saturated carbocycles. The molecule has 0 radical (unpaired) electrons. The molecule has 0 bridgehead atoms. The SMILES string of the molecule is CC(C)C(O)CNC(=O)c1cc(F)c(F)c(O)c1F. The second-order valence-electron chi connectivity index (χ2n) is 4.40. The summed E-state index contributed by atoms with van der Waals surface area (Å²) in [6.45, 7) is 3.25. The third-order valence-electron chi connectivity index (χ3n) is 2.62. The lowest BCUT2D eigenvalue weighted by molar-refractivity contribution is 0.0866. The number of aliphatic hydroxyl groups excluding tert-OH is 1. The van der Waals surface area contributed by atoms with Crippen LogP contribution in [0.2, 0.25) is 0 Å². The maximum absolute atomic E-state index is 13.4. The molecule has 1 rings (SSSR count). The van der Waals surface area contributed by atoms with Gasteiger partial charge < -0.3 is 15.5 Å². The van der Waals surface area contributed by atoms with Crippen molar-refractivity contribution in [1.82, 2.24) is 5.32 Å². The Morgan fingerprint density at radius 1 is 1.32 bits per heavy atom. The van der Waals surface area contributed by atoms with Crippen LogP contribution in [0.4, 0.5) is 13.2 Å². The Balaban J connectivity index is 2.89. The molecule has 1 unspecified atom stereocenters. The van der Waals surface area contributed by atoms with Crippen molar-refractivity contribution in [2.75, 3.05) is 6.54 Å². The molecule has 4 nitrogen and oxygen atoms in total. The Morgan fingerprint density at radius 2 is 1.89 bits per heavy atom. The zero-order chi connectivity index (χ0) is 14.7. The summed E-state index contributed by atoms with van der Waals surface area (Å²) in [6, 6.07) is 0.349. The predicted molar refractivity (Wildman–Crippen MR) is 61.2 cm³/mol. The van der Waals surface area contributed by atoms with Crippen LogP contribution in [0.5, 0.6) is 5.75 Å². The van der Waals surface area contributed by atoms with Gasteiger partial charge in [-0.2, -0.15) is 4.39 Å². The Bertz CT molecular complexity index is 492. The summed E-state index contributed by atoms with van der Waals surface area (Å²) in [6.07, 6.45) is -0.856. The number of phenols is 1. The number of hydrogen-bond acceptors (Lipinski definition) is 3. The highest BCUT2D eigenvalue weighted by Gasteiger charge is 2.23. The van der Waals surface area contributed by atoms with Crippen LogP contribution in [-0.4, -0.2) is 28.8 Å². The number of carbonyl (C=O) groups excluding carboxylic acids is 1. The van der Waals surface area contributed by atoms with E-state index in [-0.39, 0.29) is 12.5 Å². The Labute approximate surface area is 107 Å². The van der Waals surface area contributed by atoms with E-state index in [0.717, 1.165) is 0 Å². The second-order valence-corrected chi connectivity index (χ2v) is 4.40. The van der Waals surface area contributed by atoms with E-state index < -0.39 is 40.8 Å². The second kappa shape index (κ2) is 5.92. The van der Waals surface area contributed by atoms with Crippen molar-refractivity contribution in [3.63, 3.8) is 0 Å². The molecule has 0 fully saturated rings. The van der Waals surface area contributed by atoms with Gasteiger partial charge in [-0.3, -0.25) is 4.79 Å². The Morgan fingerprint density at radius 3 is 2.42 bits per heavy atom. The lowest BCUT2D eigenvalue weighted by Gasteiger charge is -2.15. The molecule has 0 heterocycles. The number of nitrogens with one attached hydrogen (secondary N) is 1. The summed E-state index contributed by atoms with van der Waals surface area (Å²) in [5, 5.41) is 20.6. The monoisotopic (exact) mass is 277 g/mol. The molecule has 7 heteroatoms. The van der Waals surface area contributed by atoms with Gasteiger partial charge in [-0.15, -0.1) is 0 Å².